The van der Waals surface area contributed by atoms with Crippen LogP contribution in [0.2, 0.25) is 0 Å². The van der Waals surface area contributed by atoms with E-state index < -0.39 is 7.82 Å². The Morgan fingerprint density at radius 1 is 0.861 bits per heavy atom. The van der Waals surface area contributed by atoms with Gasteiger partial charge in [0.1, 0.15) is 12.4 Å². The van der Waals surface area contributed by atoms with Gasteiger partial charge in [-0.3, -0.25) is 18.4 Å². The van der Waals surface area contributed by atoms with Crippen LogP contribution in [0.4, 0.5) is 0 Å². The molecule has 0 radical (unpaired) electrons. The summed E-state index contributed by atoms with van der Waals surface area (Å²) in [6.45, 7) is 9.35. The third-order valence-corrected chi connectivity index (χ3v) is 9.17. The maximum absolute atomic E-state index is 12.5. The van der Waals surface area contributed by atoms with Gasteiger partial charge in [-0.05, 0) is 55.7 Å². The molecule has 202 valence electrons. The number of benzene rings is 2. The molecule has 0 aliphatic rings. The SMILES string of the molecule is CCCCCOc1ccc2cc(C(C)C(=O)OCCSSCCOP(=O)(OCC)OCC)ccc2c1. The molecular formula is C26H39O7PS2. The molecular weight excluding hydrogens is 519 g/mol. The zero-order chi connectivity index (χ0) is 26.2. The van der Waals surface area contributed by atoms with Gasteiger partial charge in [0.05, 0.1) is 32.3 Å². The van der Waals surface area contributed by atoms with Crippen molar-refractivity contribution in [2.45, 2.75) is 52.9 Å². The quantitative estimate of drug-likeness (QED) is 0.0748. The van der Waals surface area contributed by atoms with Crippen LogP contribution in [0, 0.1) is 0 Å². The topological polar surface area (TPSA) is 80.3 Å². The van der Waals surface area contributed by atoms with Gasteiger partial charge in [0.25, 0.3) is 0 Å². The zero-order valence-electron chi connectivity index (χ0n) is 21.7. The molecule has 1 unspecified atom stereocenters. The summed E-state index contributed by atoms with van der Waals surface area (Å²) in [6.07, 6.45) is 3.41. The van der Waals surface area contributed by atoms with Gasteiger partial charge < -0.3 is 9.47 Å². The molecule has 0 fully saturated rings. The van der Waals surface area contributed by atoms with Gasteiger partial charge in [0.2, 0.25) is 0 Å². The first-order chi connectivity index (χ1) is 17.4. The van der Waals surface area contributed by atoms with E-state index in [1.807, 2.05) is 43.3 Å². The maximum Gasteiger partial charge on any atom is 0.474 e. The molecule has 2 aromatic rings. The van der Waals surface area contributed by atoms with Crippen LogP contribution in [0.1, 0.15) is 58.4 Å². The van der Waals surface area contributed by atoms with Gasteiger partial charge in [0, 0.05) is 11.5 Å². The summed E-state index contributed by atoms with van der Waals surface area (Å²) < 4.78 is 39.0. The van der Waals surface area contributed by atoms with Crippen molar-refractivity contribution < 1.29 is 32.4 Å². The Bertz CT molecular complexity index is 962. The van der Waals surface area contributed by atoms with Crippen LogP contribution in [0.3, 0.4) is 0 Å². The summed E-state index contributed by atoms with van der Waals surface area (Å²) in [5.41, 5.74) is 0.927. The average Bonchev–Trinajstić information content (AvgIpc) is 2.87. The normalized spacial score (nSPS) is 12.6. The molecule has 0 saturated carbocycles. The third kappa shape index (κ3) is 11.0. The maximum atomic E-state index is 12.5. The molecule has 0 spiro atoms. The number of hydrogen-bond acceptors (Lipinski definition) is 9. The first-order valence-electron chi connectivity index (χ1n) is 12.5. The number of fused-ring (bicyclic) bond motifs is 1. The van der Waals surface area contributed by atoms with Crippen molar-refractivity contribution >= 4 is 46.2 Å². The fraction of sp³-hybridized carbons (Fsp3) is 0.577. The second-order valence-corrected chi connectivity index (χ2v) is 12.3. The average molecular weight is 559 g/mol. The Morgan fingerprint density at radius 2 is 1.53 bits per heavy atom. The summed E-state index contributed by atoms with van der Waals surface area (Å²) in [6, 6.07) is 12.1. The fourth-order valence-corrected chi connectivity index (χ4v) is 6.26. The molecule has 0 bridgehead atoms. The molecule has 0 amide bonds. The van der Waals surface area contributed by atoms with E-state index in [0.717, 1.165) is 35.1 Å². The van der Waals surface area contributed by atoms with E-state index in [9.17, 15) is 9.36 Å². The Hall–Kier alpha value is -1.22. The lowest BCUT2D eigenvalue weighted by molar-refractivity contribution is -0.144. The minimum Gasteiger partial charge on any atom is -0.494 e. The lowest BCUT2D eigenvalue weighted by Crippen LogP contribution is -2.14. The number of ether oxygens (including phenoxy) is 2. The van der Waals surface area contributed by atoms with Gasteiger partial charge in [0.15, 0.2) is 0 Å². The van der Waals surface area contributed by atoms with E-state index in [1.54, 1.807) is 35.4 Å². The van der Waals surface area contributed by atoms with Crippen LogP contribution in [0.25, 0.3) is 10.8 Å². The molecule has 0 aliphatic heterocycles. The number of phosphoric acid groups is 1. The van der Waals surface area contributed by atoms with Crippen molar-refractivity contribution in [2.24, 2.45) is 0 Å². The molecule has 7 nitrogen and oxygen atoms in total. The van der Waals surface area contributed by atoms with Crippen molar-refractivity contribution in [1.82, 2.24) is 0 Å². The lowest BCUT2D eigenvalue weighted by Gasteiger charge is -2.16. The van der Waals surface area contributed by atoms with Crippen molar-refractivity contribution in [3.8, 4) is 5.75 Å². The number of unbranched alkanes of at least 4 members (excludes halogenated alkanes) is 2. The van der Waals surface area contributed by atoms with E-state index in [2.05, 4.69) is 6.92 Å². The number of rotatable bonds is 19. The van der Waals surface area contributed by atoms with Crippen molar-refractivity contribution in [3.63, 3.8) is 0 Å². The Labute approximate surface area is 223 Å². The fourth-order valence-electron chi connectivity index (χ4n) is 3.31. The second-order valence-electron chi connectivity index (χ2n) is 7.97. The molecule has 0 saturated heterocycles. The second kappa shape index (κ2) is 17.3. The Morgan fingerprint density at radius 3 is 2.22 bits per heavy atom. The van der Waals surface area contributed by atoms with E-state index >= 15 is 0 Å². The van der Waals surface area contributed by atoms with Gasteiger partial charge in [-0.25, -0.2) is 4.57 Å². The van der Waals surface area contributed by atoms with Gasteiger partial charge in [-0.2, -0.15) is 0 Å². The van der Waals surface area contributed by atoms with E-state index in [-0.39, 0.29) is 31.7 Å². The zero-order valence-corrected chi connectivity index (χ0v) is 24.3. The minimum atomic E-state index is -3.46. The van der Waals surface area contributed by atoms with E-state index in [1.165, 1.54) is 12.8 Å². The predicted octanol–water partition coefficient (Wildman–Crippen LogP) is 7.63. The molecule has 1 atom stereocenters. The van der Waals surface area contributed by atoms with Gasteiger partial charge in [-0.1, -0.05) is 65.6 Å². The molecule has 0 aliphatic carbocycles. The highest BCUT2D eigenvalue weighted by Crippen LogP contribution is 2.49. The number of phosphoric ester groups is 1. The molecule has 10 heteroatoms. The van der Waals surface area contributed by atoms with E-state index in [0.29, 0.717) is 18.1 Å². The first-order valence-corrected chi connectivity index (χ1v) is 16.5. The summed E-state index contributed by atoms with van der Waals surface area (Å²) in [5, 5.41) is 2.16. The van der Waals surface area contributed by atoms with E-state index in [4.69, 9.17) is 23.0 Å². The van der Waals surface area contributed by atoms with Crippen LogP contribution in [-0.2, 0) is 27.7 Å². The Kier molecular flexibility index (Phi) is 14.9. The standard InChI is InChI=1S/C26H39O7PS2/c1-5-8-9-14-29-25-13-12-23-19-22(10-11-24(23)20-25)21(4)26(27)30-15-17-35-36-18-16-33-34(28,31-6-2)32-7-3/h10-13,19-21H,5-9,14-18H2,1-4H3. The molecule has 36 heavy (non-hydrogen) atoms. The molecule has 0 heterocycles. The molecule has 2 aromatic carbocycles. The summed E-state index contributed by atoms with van der Waals surface area (Å²) >= 11 is 0. The molecule has 2 rings (SSSR count). The van der Waals surface area contributed by atoms with Crippen molar-refractivity contribution in [3.05, 3.63) is 42.0 Å². The van der Waals surface area contributed by atoms with Crippen LogP contribution < -0.4 is 4.74 Å². The summed E-state index contributed by atoms with van der Waals surface area (Å²) in [4.78, 5) is 12.5. The minimum absolute atomic E-state index is 0.242. The largest absolute Gasteiger partial charge is 0.494 e. The number of esters is 1. The Balaban J connectivity index is 1.70. The monoisotopic (exact) mass is 558 g/mol. The highest BCUT2D eigenvalue weighted by Gasteiger charge is 2.24. The van der Waals surface area contributed by atoms with Crippen molar-refractivity contribution in [1.29, 1.82) is 0 Å². The highest BCUT2D eigenvalue weighted by molar-refractivity contribution is 8.76. The number of carbonyl (C=O) groups excluding carboxylic acids is 1. The van der Waals surface area contributed by atoms with Crippen LogP contribution in [-0.4, -0.2) is 50.5 Å². The van der Waals surface area contributed by atoms with Crippen molar-refractivity contribution in [2.75, 3.05) is 44.5 Å². The van der Waals surface area contributed by atoms with Gasteiger partial charge in [-0.15, -0.1) is 0 Å². The highest BCUT2D eigenvalue weighted by atomic mass is 33.1. The third-order valence-electron chi connectivity index (χ3n) is 5.19. The molecule has 0 aromatic heterocycles. The van der Waals surface area contributed by atoms with Crippen LogP contribution in [0.15, 0.2) is 36.4 Å². The summed E-state index contributed by atoms with van der Waals surface area (Å²) in [7, 11) is -0.336. The van der Waals surface area contributed by atoms with Crippen LogP contribution in [0.5, 0.6) is 5.75 Å². The number of hydrogen-bond donors (Lipinski definition) is 0. The predicted molar refractivity (Wildman–Crippen MR) is 150 cm³/mol. The summed E-state index contributed by atoms with van der Waals surface area (Å²) in [5.74, 6) is 1.54. The van der Waals surface area contributed by atoms with Gasteiger partial charge >= 0.3 is 13.8 Å². The first kappa shape index (κ1) is 31.0. The molecule has 0 N–H and O–H groups in total. The smallest absolute Gasteiger partial charge is 0.474 e. The number of carbonyl (C=O) groups is 1. The van der Waals surface area contributed by atoms with Crippen LogP contribution >= 0.6 is 29.4 Å². The lowest BCUT2D eigenvalue weighted by atomic mass is 9.98.